The van der Waals surface area contributed by atoms with Crippen molar-refractivity contribution >= 4 is 64.7 Å². The standard InChI is InChI=1S/C69H116N10O13/c1-45(2)35-52-42-75(15)65(88)48(7)74(14)43-54(82)40-55(49(8)80)70-64(87)58(38-50-25-21-19-22-26-50)78(18)68(91)59(37-47(5)6)76(16)60(83)30-34-73(13)61(84)39-51(44-92-69(9,10)11)27-28-53(81)29-33-72(12)62(85)41-56(67(90)79-31-23-20-24-32-79)71-63(86)57(36-46(3)4)77(17)66(52)89/h19,21-22,25-26,45-49,51-52,55-59,80H,20,23-24,27-44H2,1-18H3,(H,70,87)(H,71,86)/t48-,49+,51+,52+,55+,56-,57-,58-,59-/m0/s1. The lowest BCUT2D eigenvalue weighted by molar-refractivity contribution is -0.148. The molecule has 2 heterocycles. The Kier molecular flexibility index (Phi) is 33.1. The summed E-state index contributed by atoms with van der Waals surface area (Å²) < 4.78 is 6.14. The van der Waals surface area contributed by atoms with Gasteiger partial charge >= 0.3 is 0 Å². The molecule has 1 aromatic carbocycles. The molecule has 0 radical (unpaired) electrons. The van der Waals surface area contributed by atoms with E-state index in [0.717, 1.165) is 24.8 Å². The van der Waals surface area contributed by atoms with Crippen molar-refractivity contribution in [3.63, 3.8) is 0 Å². The number of nitrogens with zero attached hydrogens (tertiary/aromatic N) is 8. The van der Waals surface area contributed by atoms with Gasteiger partial charge in [0.05, 0.1) is 49.3 Å². The molecular weight excluding hydrogens is 1180 g/mol. The molecule has 92 heavy (non-hydrogen) atoms. The normalized spacial score (nSPS) is 25.6. The fraction of sp³-hybridized carbons (Fsp3) is 0.754. The highest BCUT2D eigenvalue weighted by Gasteiger charge is 2.40. The fourth-order valence-electron chi connectivity index (χ4n) is 11.7. The minimum atomic E-state index is -1.28. The minimum absolute atomic E-state index is 0.00371. The highest BCUT2D eigenvalue weighted by molar-refractivity contribution is 5.96. The van der Waals surface area contributed by atoms with Gasteiger partial charge in [0.25, 0.3) is 0 Å². The van der Waals surface area contributed by atoms with Gasteiger partial charge in [-0.25, -0.2) is 0 Å². The predicted octanol–water partition coefficient (Wildman–Crippen LogP) is 4.84. The summed E-state index contributed by atoms with van der Waals surface area (Å²) in [6.45, 7) is 21.1. The summed E-state index contributed by atoms with van der Waals surface area (Å²) in [4.78, 5) is 169. The Morgan fingerprint density at radius 1 is 0.587 bits per heavy atom. The average molecular weight is 1290 g/mol. The van der Waals surface area contributed by atoms with Crippen LogP contribution < -0.4 is 10.6 Å². The van der Waals surface area contributed by atoms with Gasteiger partial charge < -0.3 is 54.8 Å². The van der Waals surface area contributed by atoms with Crippen molar-refractivity contribution in [1.29, 1.82) is 0 Å². The molecule has 2 fully saturated rings. The second kappa shape index (κ2) is 38.1. The van der Waals surface area contributed by atoms with Gasteiger partial charge in [0.2, 0.25) is 53.2 Å². The number of amides is 9. The summed E-state index contributed by atoms with van der Waals surface area (Å²) in [7, 11) is 10.8. The lowest BCUT2D eigenvalue weighted by Crippen LogP contribution is -2.58. The van der Waals surface area contributed by atoms with Gasteiger partial charge in [-0.15, -0.1) is 0 Å². The first-order valence-electron chi connectivity index (χ1n) is 33.4. The summed E-state index contributed by atoms with van der Waals surface area (Å²) in [5.41, 5.74) is 0.161. The van der Waals surface area contributed by atoms with Crippen LogP contribution in [0.2, 0.25) is 0 Å². The van der Waals surface area contributed by atoms with E-state index in [9.17, 15) is 57.8 Å². The summed E-state index contributed by atoms with van der Waals surface area (Å²) in [6, 6.07) is 2.52. The third kappa shape index (κ3) is 26.6. The maximum Gasteiger partial charge on any atom is 0.245 e. The summed E-state index contributed by atoms with van der Waals surface area (Å²) in [5.74, 6) is -6.11. The Morgan fingerprint density at radius 3 is 1.70 bits per heavy atom. The Morgan fingerprint density at radius 2 is 1.13 bits per heavy atom. The van der Waals surface area contributed by atoms with E-state index in [1.165, 1.54) is 64.5 Å². The molecule has 0 aliphatic carbocycles. The number of ether oxygens (including phenoxy) is 1. The topological polar surface area (TPSA) is 267 Å². The Balaban J connectivity index is 2.11. The van der Waals surface area contributed by atoms with E-state index < -0.39 is 119 Å². The number of carbonyl (C=O) groups is 11. The van der Waals surface area contributed by atoms with Crippen LogP contribution in [-0.2, 0) is 63.9 Å². The molecule has 23 nitrogen and oxygen atoms in total. The van der Waals surface area contributed by atoms with Crippen LogP contribution >= 0.6 is 0 Å². The number of piperidine rings is 1. The van der Waals surface area contributed by atoms with Crippen LogP contribution in [0.4, 0.5) is 0 Å². The first-order valence-corrected chi connectivity index (χ1v) is 33.4. The summed E-state index contributed by atoms with van der Waals surface area (Å²) in [6.07, 6.45) is 1.53. The van der Waals surface area contributed by atoms with Crippen molar-refractivity contribution in [2.24, 2.45) is 29.6 Å². The number of hydrogen-bond donors (Lipinski definition) is 3. The van der Waals surface area contributed by atoms with E-state index in [0.29, 0.717) is 19.5 Å². The summed E-state index contributed by atoms with van der Waals surface area (Å²) in [5, 5.41) is 16.9. The van der Waals surface area contributed by atoms with E-state index in [4.69, 9.17) is 4.74 Å². The van der Waals surface area contributed by atoms with Crippen LogP contribution in [-0.4, -0.2) is 252 Å². The second-order valence-electron chi connectivity index (χ2n) is 28.5. The number of ketones is 2. The van der Waals surface area contributed by atoms with Crippen LogP contribution in [0.25, 0.3) is 0 Å². The number of carbonyl (C=O) groups excluding carboxylic acids is 11. The number of benzene rings is 1. The van der Waals surface area contributed by atoms with Gasteiger partial charge in [-0.05, 0) is 116 Å². The molecule has 0 saturated carbocycles. The summed E-state index contributed by atoms with van der Waals surface area (Å²) >= 11 is 0. The Bertz CT molecular complexity index is 2600. The molecule has 9 atom stereocenters. The van der Waals surface area contributed by atoms with Crippen LogP contribution in [0, 0.1) is 29.6 Å². The minimum Gasteiger partial charge on any atom is -0.391 e. The monoisotopic (exact) mass is 1290 g/mol. The van der Waals surface area contributed by atoms with Crippen molar-refractivity contribution in [2.75, 3.05) is 95.2 Å². The van der Waals surface area contributed by atoms with Crippen molar-refractivity contribution in [3.8, 4) is 0 Å². The Hall–Kier alpha value is -6.33. The average Bonchev–Trinajstić information content (AvgIpc) is 0.855. The molecule has 2 aliphatic rings. The SMILES string of the molecule is CC(C)C[C@@H]1CN(C)C(=O)[C@H](C)N(C)CC(=O)C[C@H]([C@@H](C)O)NC(=O)[C@H](Cc2ccccc2)N(C)C(=O)[C@H](CC(C)C)N(C)C(=O)CCN(C)C(=O)C[C@H](COC(C)(C)C)CCC(=O)CCN(C)C(=O)C[C@@H](C(=O)N2CCCCC2)NC(=O)[C@H](CC(C)C)N(C)C1=O. The number of nitrogens with one attached hydrogen (secondary N) is 2. The number of aliphatic hydroxyl groups excluding tert-OH is 1. The molecule has 3 rings (SSSR count). The molecule has 0 spiro atoms. The lowest BCUT2D eigenvalue weighted by Gasteiger charge is -2.36. The van der Waals surface area contributed by atoms with Gasteiger partial charge in [0.1, 0.15) is 35.7 Å². The molecule has 1 aromatic rings. The van der Waals surface area contributed by atoms with Crippen molar-refractivity contribution in [2.45, 2.75) is 214 Å². The lowest BCUT2D eigenvalue weighted by atomic mass is 9.93. The van der Waals surface area contributed by atoms with Crippen molar-refractivity contribution in [1.82, 2.24) is 49.8 Å². The molecule has 0 aromatic heterocycles. The highest BCUT2D eigenvalue weighted by atomic mass is 16.5. The van der Waals surface area contributed by atoms with Gasteiger partial charge in [-0.2, -0.15) is 0 Å². The number of likely N-dealkylation sites (N-methyl/N-ethyl adjacent to an activating group) is 5. The number of rotatable bonds is 12. The van der Waals surface area contributed by atoms with Crippen molar-refractivity contribution < 1.29 is 62.6 Å². The second-order valence-corrected chi connectivity index (χ2v) is 28.5. The van der Waals surface area contributed by atoms with Crippen LogP contribution in [0.15, 0.2) is 30.3 Å². The van der Waals surface area contributed by atoms with Crippen LogP contribution in [0.1, 0.15) is 165 Å². The third-order valence-corrected chi connectivity index (χ3v) is 17.8. The van der Waals surface area contributed by atoms with Gasteiger partial charge in [-0.3, -0.25) is 57.6 Å². The largest absolute Gasteiger partial charge is 0.391 e. The zero-order chi connectivity index (χ0) is 69.5. The molecule has 23 heteroatoms. The molecule has 2 saturated heterocycles. The smallest absolute Gasteiger partial charge is 0.245 e. The maximum absolute atomic E-state index is 14.9. The first-order chi connectivity index (χ1) is 42.9. The number of aliphatic hydroxyl groups is 1. The van der Waals surface area contributed by atoms with E-state index in [1.807, 2.05) is 80.5 Å². The fourth-order valence-corrected chi connectivity index (χ4v) is 11.7. The number of Topliss-reactive ketones (excluding diaryl/α,β-unsaturated/α-hetero) is 2. The van der Waals surface area contributed by atoms with Gasteiger partial charge in [0.15, 0.2) is 0 Å². The molecule has 0 bridgehead atoms. The molecule has 520 valence electrons. The van der Waals surface area contributed by atoms with Crippen LogP contribution in [0.5, 0.6) is 0 Å². The molecule has 9 amide bonds. The molecular formula is C69H116N10O13. The maximum atomic E-state index is 14.9. The predicted molar refractivity (Wildman–Crippen MR) is 354 cm³/mol. The zero-order valence-corrected chi connectivity index (χ0v) is 59.1. The molecule has 2 aliphatic heterocycles. The van der Waals surface area contributed by atoms with E-state index in [1.54, 1.807) is 50.0 Å². The Labute approximate surface area is 549 Å². The van der Waals surface area contributed by atoms with E-state index >= 15 is 0 Å². The molecule has 3 N–H and O–H groups in total. The van der Waals surface area contributed by atoms with Gasteiger partial charge in [-0.1, -0.05) is 71.9 Å². The van der Waals surface area contributed by atoms with Crippen LogP contribution in [0.3, 0.4) is 0 Å². The van der Waals surface area contributed by atoms with Gasteiger partial charge in [0, 0.05) is 114 Å². The zero-order valence-electron chi connectivity index (χ0n) is 59.1. The van der Waals surface area contributed by atoms with Crippen molar-refractivity contribution in [3.05, 3.63) is 35.9 Å². The molecule has 0 unspecified atom stereocenters. The third-order valence-electron chi connectivity index (χ3n) is 17.8. The quantitative estimate of drug-likeness (QED) is 0.253. The highest BCUT2D eigenvalue weighted by Crippen LogP contribution is 2.24. The number of hydrogen-bond acceptors (Lipinski definition) is 14. The number of likely N-dealkylation sites (tertiary alicyclic amines) is 1. The van der Waals surface area contributed by atoms with E-state index in [-0.39, 0.29) is 120 Å². The van der Waals surface area contributed by atoms with E-state index in [2.05, 4.69) is 10.6 Å². The first kappa shape index (κ1) is 79.9.